The smallest absolute Gasteiger partial charge is 0.0349 e. The molecule has 0 atom stereocenters. The van der Waals surface area contributed by atoms with Gasteiger partial charge in [0.25, 0.3) is 0 Å². The molecule has 1 aromatic rings. The van der Waals surface area contributed by atoms with Gasteiger partial charge in [-0.15, -0.1) is 0 Å². The summed E-state index contributed by atoms with van der Waals surface area (Å²) < 4.78 is 0. The standard InChI is InChI=1S/HN5O/c6-5-3-1-2-4-5/h6H. The first-order valence-electron chi connectivity index (χ1n) is 1.20. The summed E-state index contributed by atoms with van der Waals surface area (Å²) in [6.07, 6.45) is 0. The molecule has 0 aliphatic heterocycles. The van der Waals surface area contributed by atoms with Crippen molar-refractivity contribution < 1.29 is 5.21 Å². The van der Waals surface area contributed by atoms with Gasteiger partial charge >= 0.3 is 0 Å². The Hall–Kier alpha value is -1.20. The molecular weight excluding hydrogens is 86.0 g/mol. The van der Waals surface area contributed by atoms with E-state index in [0.717, 1.165) is 0 Å². The van der Waals surface area contributed by atoms with Gasteiger partial charge in [0.1, 0.15) is 0 Å². The first kappa shape index (κ1) is 3.01. The summed E-state index contributed by atoms with van der Waals surface area (Å²) in [5.74, 6) is 0. The minimum atomic E-state index is 0.278. The third kappa shape index (κ3) is 0.270. The van der Waals surface area contributed by atoms with Crippen molar-refractivity contribution in [3.63, 3.8) is 0 Å². The van der Waals surface area contributed by atoms with Gasteiger partial charge in [-0.2, -0.15) is 0 Å². The van der Waals surface area contributed by atoms with E-state index in [9.17, 15) is 0 Å². The summed E-state index contributed by atoms with van der Waals surface area (Å²) in [6, 6.07) is 0. The Morgan fingerprint density at radius 1 is 1.17 bits per heavy atom. The fourth-order valence-electron chi connectivity index (χ4n) is 0.125. The zero-order valence-corrected chi connectivity index (χ0v) is 2.68. The molecule has 0 amide bonds. The largest absolute Gasteiger partial charge is 0.394 e. The van der Waals surface area contributed by atoms with Crippen LogP contribution >= 0.6 is 0 Å². The van der Waals surface area contributed by atoms with E-state index in [1.165, 1.54) is 0 Å². The molecule has 0 saturated carbocycles. The quantitative estimate of drug-likeness (QED) is 0.382. The van der Waals surface area contributed by atoms with Crippen LogP contribution in [0.5, 0.6) is 0 Å². The van der Waals surface area contributed by atoms with Crippen LogP contribution in [0.3, 0.4) is 0 Å². The molecule has 1 aromatic heterocycles. The van der Waals surface area contributed by atoms with Crippen LogP contribution in [0.15, 0.2) is 0 Å². The first-order chi connectivity index (χ1) is 2.89. The molecule has 0 aromatic carbocycles. The van der Waals surface area contributed by atoms with Gasteiger partial charge in [-0.25, -0.2) is 0 Å². The second kappa shape index (κ2) is 0.886. The summed E-state index contributed by atoms with van der Waals surface area (Å²) in [7, 11) is 0. The maximum atomic E-state index is 8.04. The maximum Gasteiger partial charge on any atom is 0.0349 e. The SMILES string of the molecule is On1nnnn1. The highest BCUT2D eigenvalue weighted by Gasteiger charge is 1.77. The van der Waals surface area contributed by atoms with Crippen molar-refractivity contribution in [1.29, 1.82) is 0 Å². The van der Waals surface area contributed by atoms with Gasteiger partial charge in [-0.1, -0.05) is 0 Å². The van der Waals surface area contributed by atoms with Crippen LogP contribution in [0.25, 0.3) is 0 Å². The molecule has 0 fully saturated rings. The average Bonchev–Trinajstić information content (AvgIpc) is 1.86. The topological polar surface area (TPSA) is 76.7 Å². The van der Waals surface area contributed by atoms with Crippen LogP contribution in [-0.2, 0) is 0 Å². The van der Waals surface area contributed by atoms with Crippen LogP contribution in [0, 0.1) is 0 Å². The molecule has 6 nitrogen and oxygen atoms in total. The Balaban J connectivity index is 3.05. The molecule has 1 rings (SSSR count). The Bertz CT molecular complexity index is 107. The van der Waals surface area contributed by atoms with Gasteiger partial charge in [0, 0.05) is 25.8 Å². The molecular formula is HN5O. The van der Waals surface area contributed by atoms with Crippen molar-refractivity contribution in [2.75, 3.05) is 0 Å². The lowest BCUT2D eigenvalue weighted by molar-refractivity contribution is 0.103. The van der Waals surface area contributed by atoms with Crippen molar-refractivity contribution in [3.8, 4) is 0 Å². The number of hydrogen-bond acceptors (Lipinski definition) is 5. The summed E-state index contributed by atoms with van der Waals surface area (Å²) in [5, 5.41) is 19.7. The number of rotatable bonds is 0. The van der Waals surface area contributed by atoms with E-state index in [1.54, 1.807) is 0 Å². The highest BCUT2D eigenvalue weighted by Crippen LogP contribution is 1.46. The molecule has 0 saturated heterocycles. The average molecular weight is 87.0 g/mol. The minimum absolute atomic E-state index is 0.278. The molecule has 6 heteroatoms. The van der Waals surface area contributed by atoms with Crippen LogP contribution in [0.2, 0.25) is 0 Å². The molecule has 0 aliphatic carbocycles. The van der Waals surface area contributed by atoms with Crippen molar-refractivity contribution in [3.05, 3.63) is 0 Å². The number of hydrogen-bond donors (Lipinski definition) is 1. The van der Waals surface area contributed by atoms with E-state index >= 15 is 0 Å². The molecule has 1 N–H and O–H groups in total. The highest BCUT2D eigenvalue weighted by atomic mass is 16.5. The summed E-state index contributed by atoms with van der Waals surface area (Å²) in [5.41, 5.74) is 0. The number of aromatic nitrogens is 5. The van der Waals surface area contributed by atoms with Crippen LogP contribution < -0.4 is 0 Å². The third-order valence-electron chi connectivity index (χ3n) is 0.280. The van der Waals surface area contributed by atoms with Gasteiger partial charge in [-0.05, 0) is 0 Å². The van der Waals surface area contributed by atoms with E-state index in [1.807, 2.05) is 0 Å². The van der Waals surface area contributed by atoms with E-state index in [0.29, 0.717) is 0 Å². The Labute approximate surface area is 32.3 Å². The Morgan fingerprint density at radius 2 is 1.67 bits per heavy atom. The van der Waals surface area contributed by atoms with Gasteiger partial charge < -0.3 is 5.21 Å². The second-order valence-electron chi connectivity index (χ2n) is 0.626. The summed E-state index contributed by atoms with van der Waals surface area (Å²) in [6.45, 7) is 0. The zero-order chi connectivity index (χ0) is 4.41. The lowest BCUT2D eigenvalue weighted by Gasteiger charge is -1.68. The first-order valence-corrected chi connectivity index (χ1v) is 1.20. The van der Waals surface area contributed by atoms with Gasteiger partial charge in [0.05, 0.1) is 0 Å². The van der Waals surface area contributed by atoms with Crippen molar-refractivity contribution >= 4 is 0 Å². The molecule has 0 aliphatic rings. The summed E-state index contributed by atoms with van der Waals surface area (Å²) in [4.78, 5) is 0.278. The molecule has 1 heterocycles. The Kier molecular flexibility index (Phi) is 0.444. The van der Waals surface area contributed by atoms with Crippen molar-refractivity contribution in [2.24, 2.45) is 0 Å². The number of nitrogens with zero attached hydrogens (tertiary/aromatic N) is 5. The van der Waals surface area contributed by atoms with Gasteiger partial charge in [0.15, 0.2) is 0 Å². The highest BCUT2D eigenvalue weighted by molar-refractivity contribution is 3.91. The lowest BCUT2D eigenvalue weighted by atomic mass is 12.6. The predicted molar refractivity (Wildman–Crippen MR) is 12.8 cm³/mol. The zero-order valence-electron chi connectivity index (χ0n) is 2.68. The van der Waals surface area contributed by atoms with E-state index in [4.69, 9.17) is 5.21 Å². The van der Waals surface area contributed by atoms with Crippen molar-refractivity contribution in [1.82, 2.24) is 25.8 Å². The van der Waals surface area contributed by atoms with Crippen molar-refractivity contribution in [2.45, 2.75) is 0 Å². The maximum absolute atomic E-state index is 8.04. The normalized spacial score (nSPS) is 8.67. The molecule has 32 valence electrons. The lowest BCUT2D eigenvalue weighted by Crippen LogP contribution is -1.93. The fourth-order valence-corrected chi connectivity index (χ4v) is 0.125. The minimum Gasteiger partial charge on any atom is -0.394 e. The fraction of sp³-hybridized carbons (Fsp3) is 0. The van der Waals surface area contributed by atoms with Gasteiger partial charge in [-0.3, -0.25) is 0 Å². The van der Waals surface area contributed by atoms with Crippen LogP contribution in [-0.4, -0.2) is 31.0 Å². The van der Waals surface area contributed by atoms with Crippen LogP contribution in [0.1, 0.15) is 0 Å². The monoisotopic (exact) mass is 87.0 g/mol. The molecule has 0 bridgehead atoms. The molecule has 0 spiro atoms. The Morgan fingerprint density at radius 3 is 1.83 bits per heavy atom. The molecule has 6 heavy (non-hydrogen) atoms. The molecule has 0 unspecified atom stereocenters. The van der Waals surface area contributed by atoms with E-state index < -0.39 is 0 Å². The second-order valence-corrected chi connectivity index (χ2v) is 0.626. The van der Waals surface area contributed by atoms with Gasteiger partial charge in [0.2, 0.25) is 0 Å². The molecule has 0 radical (unpaired) electrons. The van der Waals surface area contributed by atoms with E-state index in [-0.39, 0.29) is 4.96 Å². The van der Waals surface area contributed by atoms with E-state index in [2.05, 4.69) is 20.9 Å². The van der Waals surface area contributed by atoms with Crippen LogP contribution in [0.4, 0.5) is 0 Å². The third-order valence-corrected chi connectivity index (χ3v) is 0.280. The predicted octanol–water partition coefficient (Wildman–Crippen LogP) is -1.69. The summed E-state index contributed by atoms with van der Waals surface area (Å²) >= 11 is 0.